The van der Waals surface area contributed by atoms with Gasteiger partial charge in [0.25, 0.3) is 0 Å². The van der Waals surface area contributed by atoms with Crippen molar-refractivity contribution in [1.82, 2.24) is 4.90 Å². The first-order chi connectivity index (χ1) is 18.4. The lowest BCUT2D eigenvalue weighted by molar-refractivity contribution is -0.368. The van der Waals surface area contributed by atoms with Crippen LogP contribution in [0.4, 0.5) is 0 Å². The summed E-state index contributed by atoms with van der Waals surface area (Å²) < 4.78 is 18.0. The Morgan fingerprint density at radius 1 is 1.00 bits per heavy atom. The third-order valence-electron chi connectivity index (χ3n) is 9.25. The van der Waals surface area contributed by atoms with Crippen LogP contribution in [0.15, 0.2) is 5.16 Å². The normalized spacial score (nSPS) is 47.6. The molecule has 2 rings (SSSR count). The lowest BCUT2D eigenvalue weighted by Crippen LogP contribution is -2.59. The number of oxime groups is 1. The monoisotopic (exact) mass is 574 g/mol. The predicted molar refractivity (Wildman–Crippen MR) is 150 cm³/mol. The van der Waals surface area contributed by atoms with Crippen LogP contribution >= 0.6 is 0 Å². The van der Waals surface area contributed by atoms with Crippen LogP contribution in [0.1, 0.15) is 81.1 Å². The highest BCUT2D eigenvalue weighted by Gasteiger charge is 2.50. The predicted octanol–water partition coefficient (Wildman–Crippen LogP) is 2.36. The number of carbonyl (C=O) groups is 1. The number of cyclic esters (lactones) is 1. The molecule has 2 fully saturated rings. The van der Waals surface area contributed by atoms with Gasteiger partial charge in [0.1, 0.15) is 17.8 Å². The van der Waals surface area contributed by atoms with Gasteiger partial charge in [0, 0.05) is 23.8 Å². The lowest BCUT2D eigenvalue weighted by atomic mass is 9.74. The summed E-state index contributed by atoms with van der Waals surface area (Å²) in [4.78, 5) is 15.1. The van der Waals surface area contributed by atoms with Crippen LogP contribution in [0.25, 0.3) is 0 Å². The van der Waals surface area contributed by atoms with Crippen molar-refractivity contribution in [3.8, 4) is 0 Å². The summed E-state index contributed by atoms with van der Waals surface area (Å²) in [5.41, 5.74) is -1.57. The number of ether oxygens (including phenoxy) is 3. The van der Waals surface area contributed by atoms with E-state index in [1.165, 1.54) is 6.92 Å². The molecule has 5 N–H and O–H groups in total. The summed E-state index contributed by atoms with van der Waals surface area (Å²) in [5, 5.41) is 59.3. The zero-order chi connectivity index (χ0) is 30.7. The van der Waals surface area contributed by atoms with E-state index in [4.69, 9.17) is 14.2 Å². The second-order valence-corrected chi connectivity index (χ2v) is 12.8. The number of likely N-dealkylation sites (N-methyl/N-ethyl adjacent to an activating group) is 1. The van der Waals surface area contributed by atoms with Gasteiger partial charge in [-0.3, -0.25) is 4.79 Å². The van der Waals surface area contributed by atoms with Gasteiger partial charge >= 0.3 is 5.97 Å². The minimum Gasteiger partial charge on any atom is -0.459 e. The number of nitrogens with zero attached hydrogens (tertiary/aromatic N) is 2. The van der Waals surface area contributed by atoms with E-state index >= 15 is 0 Å². The van der Waals surface area contributed by atoms with Crippen molar-refractivity contribution in [2.24, 2.45) is 34.7 Å². The van der Waals surface area contributed by atoms with E-state index in [2.05, 4.69) is 5.16 Å². The molecule has 0 aromatic carbocycles. The minimum atomic E-state index is -1.84. The maximum absolute atomic E-state index is 13.2. The first kappa shape index (κ1) is 34.9. The van der Waals surface area contributed by atoms with Crippen LogP contribution in [-0.4, -0.2) is 104 Å². The largest absolute Gasteiger partial charge is 0.459 e. The highest BCUT2D eigenvalue weighted by molar-refractivity contribution is 5.88. The van der Waals surface area contributed by atoms with Gasteiger partial charge in [0.05, 0.1) is 23.8 Å². The Morgan fingerprint density at radius 2 is 1.55 bits per heavy atom. The molecule has 0 aliphatic carbocycles. The first-order valence-electron chi connectivity index (χ1n) is 14.6. The quantitative estimate of drug-likeness (QED) is 0.146. The number of esters is 1. The number of aliphatic hydroxyl groups is 4. The topological polar surface area (TPSA) is 162 Å². The molecule has 0 amide bonds. The first-order valence-corrected chi connectivity index (χ1v) is 14.6. The van der Waals surface area contributed by atoms with Crippen molar-refractivity contribution in [2.75, 3.05) is 14.1 Å². The summed E-state index contributed by atoms with van der Waals surface area (Å²) in [5.74, 6) is -5.51. The SMILES string of the molecule is CC[C@H]1OC(=O)[C@H](C)C[C@H](C)[C@](O)(O[C@@H]2O[C@H](C)C[C@H](N(C)C)[C@H]2O)[C@@H](C)C[C@@H](C)/C(=N\O)[C@H](C)[C@@H](O)[C@]1(C)O. The fraction of sp³-hybridized carbons (Fsp3) is 0.931. The summed E-state index contributed by atoms with van der Waals surface area (Å²) in [7, 11) is 3.73. The van der Waals surface area contributed by atoms with E-state index in [1.54, 1.807) is 34.6 Å². The highest BCUT2D eigenvalue weighted by atomic mass is 16.8. The Labute approximate surface area is 239 Å². The fourth-order valence-corrected chi connectivity index (χ4v) is 6.53. The molecule has 2 aliphatic heterocycles. The van der Waals surface area contributed by atoms with E-state index in [9.17, 15) is 30.4 Å². The van der Waals surface area contributed by atoms with Gasteiger partial charge < -0.3 is 44.7 Å². The van der Waals surface area contributed by atoms with E-state index < -0.39 is 71.5 Å². The summed E-state index contributed by atoms with van der Waals surface area (Å²) in [6.07, 6.45) is -3.49. The van der Waals surface area contributed by atoms with Crippen LogP contribution in [0, 0.1) is 29.6 Å². The molecule has 0 spiro atoms. The zero-order valence-corrected chi connectivity index (χ0v) is 25.9. The molecule has 234 valence electrons. The Kier molecular flexibility index (Phi) is 12.0. The second-order valence-electron chi connectivity index (χ2n) is 12.8. The van der Waals surface area contributed by atoms with E-state index in [1.807, 2.05) is 32.8 Å². The molecule has 13 atom stereocenters. The number of carbonyl (C=O) groups excluding carboxylic acids is 1. The smallest absolute Gasteiger partial charge is 0.309 e. The van der Waals surface area contributed by atoms with Crippen molar-refractivity contribution in [2.45, 2.75) is 129 Å². The highest BCUT2D eigenvalue weighted by Crippen LogP contribution is 2.40. The van der Waals surface area contributed by atoms with E-state index in [-0.39, 0.29) is 37.1 Å². The van der Waals surface area contributed by atoms with Crippen LogP contribution in [-0.2, 0) is 19.0 Å². The Bertz CT molecular complexity index is 868. The molecule has 0 aromatic rings. The maximum atomic E-state index is 13.2. The summed E-state index contributed by atoms with van der Waals surface area (Å²) in [6.45, 7) is 13.8. The minimum absolute atomic E-state index is 0.183. The van der Waals surface area contributed by atoms with Crippen LogP contribution in [0.3, 0.4) is 0 Å². The van der Waals surface area contributed by atoms with Gasteiger partial charge in [-0.2, -0.15) is 0 Å². The molecule has 0 saturated carbocycles. The number of hydrogen-bond donors (Lipinski definition) is 5. The summed E-state index contributed by atoms with van der Waals surface area (Å²) in [6, 6.07) is -0.247. The molecule has 11 nitrogen and oxygen atoms in total. The summed E-state index contributed by atoms with van der Waals surface area (Å²) >= 11 is 0. The Hall–Kier alpha value is -1.34. The zero-order valence-electron chi connectivity index (χ0n) is 25.9. The lowest BCUT2D eigenvalue weighted by Gasteiger charge is -2.47. The van der Waals surface area contributed by atoms with Crippen molar-refractivity contribution in [1.29, 1.82) is 0 Å². The number of aliphatic hydroxyl groups excluding tert-OH is 2. The van der Waals surface area contributed by atoms with Crippen LogP contribution in [0.5, 0.6) is 0 Å². The van der Waals surface area contributed by atoms with Crippen molar-refractivity contribution in [3.63, 3.8) is 0 Å². The molecule has 2 saturated heterocycles. The van der Waals surface area contributed by atoms with Crippen molar-refractivity contribution < 1.29 is 44.6 Å². The van der Waals surface area contributed by atoms with Gasteiger partial charge in [0.15, 0.2) is 12.1 Å². The van der Waals surface area contributed by atoms with Crippen molar-refractivity contribution in [3.05, 3.63) is 0 Å². The molecule has 11 heteroatoms. The fourth-order valence-electron chi connectivity index (χ4n) is 6.53. The standard InChI is InChI=1S/C29H54N2O9/c1-11-22-28(8,35)25(33)20(7)23(30-37)15(2)12-17(4)29(36,18(5)13-16(3)26(34)39-22)40-27-24(32)21(31(9)10)14-19(6)38-27/h15-22,24-25,27,32-33,35-37H,11-14H2,1-10H3/b30-23+/t15-,16-,17+,18+,19-,20+,21+,22-,24-,25-,27+,28-,29-/m1/s1. The Morgan fingerprint density at radius 3 is 2.05 bits per heavy atom. The second kappa shape index (κ2) is 13.8. The van der Waals surface area contributed by atoms with Gasteiger partial charge in [-0.25, -0.2) is 0 Å². The van der Waals surface area contributed by atoms with Gasteiger partial charge in [-0.05, 0) is 59.5 Å². The van der Waals surface area contributed by atoms with Gasteiger partial charge in [-0.1, -0.05) is 46.7 Å². The average molecular weight is 575 g/mol. The third kappa shape index (κ3) is 7.35. The van der Waals surface area contributed by atoms with Gasteiger partial charge in [-0.15, -0.1) is 0 Å². The van der Waals surface area contributed by atoms with Gasteiger partial charge in [0.2, 0.25) is 0 Å². The molecule has 0 bridgehead atoms. The number of hydrogen-bond acceptors (Lipinski definition) is 11. The van der Waals surface area contributed by atoms with E-state index in [0.717, 1.165) is 0 Å². The van der Waals surface area contributed by atoms with Crippen LogP contribution in [0.2, 0.25) is 0 Å². The molecular weight excluding hydrogens is 520 g/mol. The Balaban J connectivity index is 2.53. The average Bonchev–Trinajstić information content (AvgIpc) is 2.87. The third-order valence-corrected chi connectivity index (χ3v) is 9.25. The molecule has 0 radical (unpaired) electrons. The van der Waals surface area contributed by atoms with Crippen molar-refractivity contribution >= 4 is 11.7 Å². The molecule has 40 heavy (non-hydrogen) atoms. The molecule has 0 unspecified atom stereocenters. The molecule has 0 aromatic heterocycles. The molecule has 2 heterocycles. The van der Waals surface area contributed by atoms with Crippen LogP contribution < -0.4 is 0 Å². The van der Waals surface area contributed by atoms with E-state index in [0.29, 0.717) is 6.42 Å². The molecule has 2 aliphatic rings. The maximum Gasteiger partial charge on any atom is 0.309 e. The number of rotatable bonds is 4. The molecular formula is C29H54N2O9.